The number of carboxylic acids is 1. The number of sulfonamides is 1. The van der Waals surface area contributed by atoms with Crippen molar-refractivity contribution in [3.63, 3.8) is 0 Å². The number of hydrogen-bond acceptors (Lipinski definition) is 3. The Labute approximate surface area is 140 Å². The van der Waals surface area contributed by atoms with E-state index in [0.717, 1.165) is 3.57 Å². The molecule has 0 aliphatic carbocycles. The van der Waals surface area contributed by atoms with E-state index < -0.39 is 16.0 Å². The lowest BCUT2D eigenvalue weighted by molar-refractivity contribution is 0.0697. The van der Waals surface area contributed by atoms with Crippen LogP contribution in [-0.4, -0.2) is 19.5 Å². The number of benzene rings is 2. The van der Waals surface area contributed by atoms with Gasteiger partial charge >= 0.3 is 5.97 Å². The van der Waals surface area contributed by atoms with Crippen LogP contribution in [-0.2, 0) is 10.0 Å². The SMILES string of the molecule is O=C(O)c1ccc(S(=O)(=O)Nc2ccc(I)cc2Cl)cc1. The first kappa shape index (κ1) is 16.1. The number of hydrogen-bond donors (Lipinski definition) is 2. The highest BCUT2D eigenvalue weighted by Gasteiger charge is 2.16. The van der Waals surface area contributed by atoms with Crippen LogP contribution in [0.3, 0.4) is 0 Å². The molecular weight excluding hydrogens is 429 g/mol. The van der Waals surface area contributed by atoms with Crippen LogP contribution in [0.15, 0.2) is 47.4 Å². The molecule has 21 heavy (non-hydrogen) atoms. The fourth-order valence-corrected chi connectivity index (χ4v) is 3.59. The van der Waals surface area contributed by atoms with Gasteiger partial charge in [-0.25, -0.2) is 13.2 Å². The minimum Gasteiger partial charge on any atom is -0.478 e. The van der Waals surface area contributed by atoms with Crippen molar-refractivity contribution in [1.82, 2.24) is 0 Å². The molecule has 2 N–H and O–H groups in total. The Hall–Kier alpha value is -1.32. The summed E-state index contributed by atoms with van der Waals surface area (Å²) in [7, 11) is -3.82. The largest absolute Gasteiger partial charge is 0.478 e. The van der Waals surface area contributed by atoms with Gasteiger partial charge in [-0.2, -0.15) is 0 Å². The van der Waals surface area contributed by atoms with Crippen LogP contribution in [0.5, 0.6) is 0 Å². The first-order valence-electron chi connectivity index (χ1n) is 5.61. The van der Waals surface area contributed by atoms with Crippen molar-refractivity contribution in [2.75, 3.05) is 4.72 Å². The Morgan fingerprint density at radius 3 is 2.29 bits per heavy atom. The van der Waals surface area contributed by atoms with E-state index in [9.17, 15) is 13.2 Å². The van der Waals surface area contributed by atoms with E-state index in [-0.39, 0.29) is 21.2 Å². The number of aromatic carboxylic acids is 1. The molecule has 8 heteroatoms. The molecule has 0 fully saturated rings. The second-order valence-electron chi connectivity index (χ2n) is 4.06. The van der Waals surface area contributed by atoms with Gasteiger partial charge in [0.2, 0.25) is 0 Å². The predicted molar refractivity (Wildman–Crippen MR) is 88.4 cm³/mol. The summed E-state index contributed by atoms with van der Waals surface area (Å²) in [6, 6.07) is 9.83. The third kappa shape index (κ3) is 3.86. The van der Waals surface area contributed by atoms with Crippen molar-refractivity contribution in [3.05, 3.63) is 56.6 Å². The van der Waals surface area contributed by atoms with Gasteiger partial charge in [-0.05, 0) is 65.1 Å². The van der Waals surface area contributed by atoms with Crippen molar-refractivity contribution in [1.29, 1.82) is 0 Å². The van der Waals surface area contributed by atoms with E-state index in [1.165, 1.54) is 24.3 Å². The number of nitrogens with one attached hydrogen (secondary N) is 1. The second-order valence-corrected chi connectivity index (χ2v) is 7.39. The third-order valence-electron chi connectivity index (χ3n) is 2.59. The summed E-state index contributed by atoms with van der Waals surface area (Å²) in [5.74, 6) is -1.12. The highest BCUT2D eigenvalue weighted by atomic mass is 127. The van der Waals surface area contributed by atoms with Crippen LogP contribution in [0.25, 0.3) is 0 Å². The molecule has 5 nitrogen and oxygen atoms in total. The number of anilines is 1. The van der Waals surface area contributed by atoms with Gasteiger partial charge in [0.15, 0.2) is 0 Å². The minimum absolute atomic E-state index is 0.0150. The molecule has 2 aromatic rings. The van der Waals surface area contributed by atoms with E-state index >= 15 is 0 Å². The average molecular weight is 438 g/mol. The molecule has 0 radical (unpaired) electrons. The summed E-state index contributed by atoms with van der Waals surface area (Å²) in [6.07, 6.45) is 0. The molecule has 0 amide bonds. The molecule has 2 rings (SSSR count). The molecule has 0 aliphatic heterocycles. The number of rotatable bonds is 4. The molecule has 0 unspecified atom stereocenters. The quantitative estimate of drug-likeness (QED) is 0.718. The lowest BCUT2D eigenvalue weighted by Crippen LogP contribution is -2.13. The summed E-state index contributed by atoms with van der Waals surface area (Å²) in [5, 5.41) is 9.08. The first-order valence-corrected chi connectivity index (χ1v) is 8.55. The summed E-state index contributed by atoms with van der Waals surface area (Å²) >= 11 is 8.04. The fraction of sp³-hybridized carbons (Fsp3) is 0. The molecule has 0 saturated heterocycles. The summed E-state index contributed by atoms with van der Waals surface area (Å²) < 4.78 is 27.7. The topological polar surface area (TPSA) is 83.5 Å². The Morgan fingerprint density at radius 2 is 1.76 bits per heavy atom. The third-order valence-corrected chi connectivity index (χ3v) is 4.95. The molecule has 0 bridgehead atoms. The summed E-state index contributed by atoms with van der Waals surface area (Å²) in [5.41, 5.74) is 0.278. The van der Waals surface area contributed by atoms with Gasteiger partial charge in [-0.3, -0.25) is 4.72 Å². The molecule has 0 saturated carbocycles. The van der Waals surface area contributed by atoms with E-state index in [1.807, 2.05) is 0 Å². The number of halogens is 2. The van der Waals surface area contributed by atoms with Gasteiger partial charge in [0.05, 0.1) is 21.2 Å². The molecule has 0 spiro atoms. The Morgan fingerprint density at radius 1 is 1.14 bits per heavy atom. The van der Waals surface area contributed by atoms with Gasteiger partial charge in [0.1, 0.15) is 0 Å². The molecule has 0 aliphatic rings. The molecule has 2 aromatic carbocycles. The molecular formula is C13H9ClINO4S. The van der Waals surface area contributed by atoms with E-state index in [0.29, 0.717) is 0 Å². The van der Waals surface area contributed by atoms with Crippen LogP contribution in [0.1, 0.15) is 10.4 Å². The average Bonchev–Trinajstić information content (AvgIpc) is 2.42. The van der Waals surface area contributed by atoms with E-state index in [1.54, 1.807) is 18.2 Å². The van der Waals surface area contributed by atoms with Gasteiger partial charge in [0, 0.05) is 3.57 Å². The predicted octanol–water partition coefficient (Wildman–Crippen LogP) is 3.44. The molecule has 110 valence electrons. The summed E-state index contributed by atoms with van der Waals surface area (Å²) in [6.45, 7) is 0. The maximum absolute atomic E-state index is 12.2. The number of carboxylic acid groups (broad SMARTS) is 1. The van der Waals surface area contributed by atoms with E-state index in [2.05, 4.69) is 27.3 Å². The second kappa shape index (κ2) is 6.20. The Kier molecular flexibility index (Phi) is 4.74. The van der Waals surface area contributed by atoms with Crippen molar-refractivity contribution in [3.8, 4) is 0 Å². The number of carbonyl (C=O) groups is 1. The maximum atomic E-state index is 12.2. The van der Waals surface area contributed by atoms with Gasteiger partial charge in [-0.15, -0.1) is 0 Å². The molecule has 0 aromatic heterocycles. The zero-order chi connectivity index (χ0) is 15.6. The van der Waals surface area contributed by atoms with Gasteiger partial charge in [0.25, 0.3) is 10.0 Å². The zero-order valence-corrected chi connectivity index (χ0v) is 14.1. The van der Waals surface area contributed by atoms with Crippen molar-refractivity contribution < 1.29 is 18.3 Å². The monoisotopic (exact) mass is 437 g/mol. The zero-order valence-electron chi connectivity index (χ0n) is 10.4. The lowest BCUT2D eigenvalue weighted by Gasteiger charge is -2.10. The highest BCUT2D eigenvalue weighted by molar-refractivity contribution is 14.1. The molecule has 0 atom stereocenters. The van der Waals surface area contributed by atoms with Crippen LogP contribution < -0.4 is 4.72 Å². The van der Waals surface area contributed by atoms with Gasteiger partial charge < -0.3 is 5.11 Å². The van der Waals surface area contributed by atoms with Crippen LogP contribution in [0.4, 0.5) is 5.69 Å². The highest BCUT2D eigenvalue weighted by Crippen LogP contribution is 2.26. The Bertz CT molecular complexity index is 790. The standard InChI is InChI=1S/C13H9ClINO4S/c14-11-7-9(15)3-6-12(11)16-21(19,20)10-4-1-8(2-5-10)13(17)18/h1-7,16H,(H,17,18). The summed E-state index contributed by atoms with van der Waals surface area (Å²) in [4.78, 5) is 10.7. The van der Waals surface area contributed by atoms with Crippen LogP contribution >= 0.6 is 34.2 Å². The van der Waals surface area contributed by atoms with Crippen LogP contribution in [0.2, 0.25) is 5.02 Å². The van der Waals surface area contributed by atoms with E-state index in [4.69, 9.17) is 16.7 Å². The maximum Gasteiger partial charge on any atom is 0.335 e. The van der Waals surface area contributed by atoms with Crippen molar-refractivity contribution in [2.45, 2.75) is 4.90 Å². The van der Waals surface area contributed by atoms with Crippen molar-refractivity contribution >= 4 is 55.9 Å². The van der Waals surface area contributed by atoms with Crippen LogP contribution in [0, 0.1) is 3.57 Å². The Balaban J connectivity index is 2.31. The fourth-order valence-electron chi connectivity index (χ4n) is 1.55. The normalized spacial score (nSPS) is 11.1. The molecule has 0 heterocycles. The minimum atomic E-state index is -3.82. The first-order chi connectivity index (χ1) is 9.79. The van der Waals surface area contributed by atoms with Gasteiger partial charge in [-0.1, -0.05) is 11.6 Å². The lowest BCUT2D eigenvalue weighted by atomic mass is 10.2. The van der Waals surface area contributed by atoms with Crippen molar-refractivity contribution in [2.24, 2.45) is 0 Å². The smallest absolute Gasteiger partial charge is 0.335 e.